The topological polar surface area (TPSA) is 60.5 Å². The molecule has 1 aliphatic heterocycles. The molecule has 1 amide bonds. The standard InChI is InChI=1S/C16H27N5O/c1-20(2)15-6-10-21(12-15)13-16(22)19-9-4-8-18-14-5-3-7-17-11-14/h3,5,7,11,15,18H,4,6,8-10,12-13H2,1-2H3,(H,19,22)/t15-/m0/s1. The average molecular weight is 305 g/mol. The zero-order valence-corrected chi connectivity index (χ0v) is 13.6. The van der Waals surface area contributed by atoms with Crippen molar-refractivity contribution in [3.05, 3.63) is 24.5 Å². The first-order valence-corrected chi connectivity index (χ1v) is 7.94. The molecule has 0 unspecified atom stereocenters. The SMILES string of the molecule is CN(C)[C@H]1CCN(CC(=O)NCCCNc2cccnc2)C1. The van der Waals surface area contributed by atoms with Crippen molar-refractivity contribution < 1.29 is 4.79 Å². The molecule has 0 bridgehead atoms. The molecule has 2 rings (SSSR count). The molecule has 1 aromatic rings. The fraction of sp³-hybridized carbons (Fsp3) is 0.625. The Morgan fingerprint density at radius 2 is 2.32 bits per heavy atom. The second-order valence-electron chi connectivity index (χ2n) is 6.01. The van der Waals surface area contributed by atoms with Crippen molar-refractivity contribution in [1.29, 1.82) is 0 Å². The second kappa shape index (κ2) is 8.70. The van der Waals surface area contributed by atoms with Crippen LogP contribution in [-0.2, 0) is 4.79 Å². The van der Waals surface area contributed by atoms with Gasteiger partial charge in [0, 0.05) is 44.6 Å². The minimum atomic E-state index is 0.126. The molecule has 1 aliphatic rings. The Hall–Kier alpha value is -1.66. The van der Waals surface area contributed by atoms with Gasteiger partial charge in [0.15, 0.2) is 0 Å². The molecule has 1 fully saturated rings. The van der Waals surface area contributed by atoms with Gasteiger partial charge >= 0.3 is 0 Å². The smallest absolute Gasteiger partial charge is 0.234 e. The lowest BCUT2D eigenvalue weighted by atomic mass is 10.2. The number of hydrogen-bond acceptors (Lipinski definition) is 5. The number of nitrogens with one attached hydrogen (secondary N) is 2. The van der Waals surface area contributed by atoms with Crippen LogP contribution in [0, 0.1) is 0 Å². The Kier molecular flexibility index (Phi) is 6.61. The molecule has 0 radical (unpaired) electrons. The Bertz CT molecular complexity index is 451. The van der Waals surface area contributed by atoms with Gasteiger partial charge in [0.05, 0.1) is 12.2 Å². The summed E-state index contributed by atoms with van der Waals surface area (Å²) in [4.78, 5) is 20.4. The third kappa shape index (κ3) is 5.61. The van der Waals surface area contributed by atoms with E-state index in [0.717, 1.165) is 38.2 Å². The highest BCUT2D eigenvalue weighted by atomic mass is 16.2. The molecule has 122 valence electrons. The monoisotopic (exact) mass is 305 g/mol. The van der Waals surface area contributed by atoms with Crippen LogP contribution in [0.3, 0.4) is 0 Å². The van der Waals surface area contributed by atoms with Crippen molar-refractivity contribution in [3.63, 3.8) is 0 Å². The van der Waals surface area contributed by atoms with E-state index in [9.17, 15) is 4.79 Å². The van der Waals surface area contributed by atoms with Crippen LogP contribution in [0.1, 0.15) is 12.8 Å². The molecule has 1 aromatic heterocycles. The zero-order chi connectivity index (χ0) is 15.8. The van der Waals surface area contributed by atoms with E-state index < -0.39 is 0 Å². The molecule has 1 saturated heterocycles. The van der Waals surface area contributed by atoms with E-state index >= 15 is 0 Å². The highest BCUT2D eigenvalue weighted by Crippen LogP contribution is 2.12. The number of carbonyl (C=O) groups is 1. The van der Waals surface area contributed by atoms with E-state index in [0.29, 0.717) is 19.1 Å². The molecule has 6 heteroatoms. The molecule has 0 spiro atoms. The van der Waals surface area contributed by atoms with Gasteiger partial charge in [-0.3, -0.25) is 14.7 Å². The third-order valence-electron chi connectivity index (χ3n) is 4.01. The first-order chi connectivity index (χ1) is 10.6. The fourth-order valence-corrected chi connectivity index (χ4v) is 2.65. The number of hydrogen-bond donors (Lipinski definition) is 2. The number of pyridine rings is 1. The van der Waals surface area contributed by atoms with Gasteiger partial charge in [-0.05, 0) is 39.1 Å². The molecule has 2 heterocycles. The van der Waals surface area contributed by atoms with Crippen LogP contribution in [0.5, 0.6) is 0 Å². The maximum Gasteiger partial charge on any atom is 0.234 e. The lowest BCUT2D eigenvalue weighted by Crippen LogP contribution is -2.38. The first kappa shape index (κ1) is 16.7. The van der Waals surface area contributed by atoms with E-state index in [-0.39, 0.29) is 5.91 Å². The van der Waals surface area contributed by atoms with E-state index in [1.54, 1.807) is 12.4 Å². The molecule has 6 nitrogen and oxygen atoms in total. The molecule has 0 aliphatic carbocycles. The molecule has 1 atom stereocenters. The van der Waals surface area contributed by atoms with Crippen LogP contribution >= 0.6 is 0 Å². The number of rotatable bonds is 8. The minimum absolute atomic E-state index is 0.126. The Morgan fingerprint density at radius 3 is 3.00 bits per heavy atom. The van der Waals surface area contributed by atoms with Gasteiger partial charge in [0.1, 0.15) is 0 Å². The second-order valence-corrected chi connectivity index (χ2v) is 6.01. The highest BCUT2D eigenvalue weighted by Gasteiger charge is 2.24. The lowest BCUT2D eigenvalue weighted by Gasteiger charge is -2.20. The van der Waals surface area contributed by atoms with Crippen molar-refractivity contribution in [1.82, 2.24) is 20.1 Å². The third-order valence-corrected chi connectivity index (χ3v) is 4.01. The van der Waals surface area contributed by atoms with Crippen LogP contribution in [-0.4, -0.2) is 73.6 Å². The van der Waals surface area contributed by atoms with E-state index in [2.05, 4.69) is 39.5 Å². The summed E-state index contributed by atoms with van der Waals surface area (Å²) >= 11 is 0. The number of nitrogens with zero attached hydrogens (tertiary/aromatic N) is 3. The van der Waals surface area contributed by atoms with Gasteiger partial charge in [-0.2, -0.15) is 0 Å². The van der Waals surface area contributed by atoms with Gasteiger partial charge < -0.3 is 15.5 Å². The summed E-state index contributed by atoms with van der Waals surface area (Å²) in [6.45, 7) is 4.05. The first-order valence-electron chi connectivity index (χ1n) is 7.94. The highest BCUT2D eigenvalue weighted by molar-refractivity contribution is 5.78. The van der Waals surface area contributed by atoms with Gasteiger partial charge in [0.2, 0.25) is 5.91 Å². The summed E-state index contributed by atoms with van der Waals surface area (Å²) in [7, 11) is 4.20. The predicted molar refractivity (Wildman–Crippen MR) is 88.9 cm³/mol. The summed E-state index contributed by atoms with van der Waals surface area (Å²) in [5.74, 6) is 0.126. The largest absolute Gasteiger partial charge is 0.384 e. The van der Waals surface area contributed by atoms with Gasteiger partial charge in [0.25, 0.3) is 0 Å². The van der Waals surface area contributed by atoms with Crippen molar-refractivity contribution >= 4 is 11.6 Å². The summed E-state index contributed by atoms with van der Waals surface area (Å²) in [6, 6.07) is 4.47. The lowest BCUT2D eigenvalue weighted by molar-refractivity contribution is -0.122. The average Bonchev–Trinajstić information content (AvgIpc) is 2.96. The Balaban J connectivity index is 1.53. The molecule has 0 saturated carbocycles. The van der Waals surface area contributed by atoms with E-state index in [4.69, 9.17) is 0 Å². The van der Waals surface area contributed by atoms with Crippen molar-refractivity contribution in [2.24, 2.45) is 0 Å². The van der Waals surface area contributed by atoms with Crippen molar-refractivity contribution in [3.8, 4) is 0 Å². The van der Waals surface area contributed by atoms with Crippen LogP contribution in [0.15, 0.2) is 24.5 Å². The van der Waals surface area contributed by atoms with E-state index in [1.165, 1.54) is 0 Å². The number of carbonyl (C=O) groups excluding carboxylic acids is 1. The van der Waals surface area contributed by atoms with E-state index in [1.807, 2.05) is 12.1 Å². The molecule has 0 aromatic carbocycles. The maximum absolute atomic E-state index is 11.9. The minimum Gasteiger partial charge on any atom is -0.384 e. The summed E-state index contributed by atoms with van der Waals surface area (Å²) in [5, 5.41) is 6.27. The number of likely N-dealkylation sites (N-methyl/N-ethyl adjacent to an activating group) is 1. The molecule has 22 heavy (non-hydrogen) atoms. The maximum atomic E-state index is 11.9. The van der Waals surface area contributed by atoms with Crippen molar-refractivity contribution in [2.45, 2.75) is 18.9 Å². The quantitative estimate of drug-likeness (QED) is 0.690. The summed E-state index contributed by atoms with van der Waals surface area (Å²) < 4.78 is 0. The van der Waals surface area contributed by atoms with Crippen LogP contribution in [0.25, 0.3) is 0 Å². The van der Waals surface area contributed by atoms with Gasteiger partial charge in [-0.1, -0.05) is 0 Å². The molecule has 2 N–H and O–H groups in total. The summed E-state index contributed by atoms with van der Waals surface area (Å²) in [5.41, 5.74) is 1.01. The number of anilines is 1. The van der Waals surface area contributed by atoms with Crippen molar-refractivity contribution in [2.75, 3.05) is 52.1 Å². The van der Waals surface area contributed by atoms with Gasteiger partial charge in [-0.25, -0.2) is 0 Å². The normalized spacial score (nSPS) is 18.6. The van der Waals surface area contributed by atoms with Crippen LogP contribution in [0.2, 0.25) is 0 Å². The fourth-order valence-electron chi connectivity index (χ4n) is 2.65. The van der Waals surface area contributed by atoms with Crippen LogP contribution < -0.4 is 10.6 Å². The van der Waals surface area contributed by atoms with Crippen LogP contribution in [0.4, 0.5) is 5.69 Å². The Morgan fingerprint density at radius 1 is 1.45 bits per heavy atom. The number of amides is 1. The number of likely N-dealkylation sites (tertiary alicyclic amines) is 1. The number of aromatic nitrogens is 1. The molecular formula is C16H27N5O. The molecular weight excluding hydrogens is 278 g/mol. The Labute approximate surface area is 132 Å². The van der Waals surface area contributed by atoms with Gasteiger partial charge in [-0.15, -0.1) is 0 Å². The zero-order valence-electron chi connectivity index (χ0n) is 13.6. The predicted octanol–water partition coefficient (Wildman–Crippen LogP) is 0.636. The summed E-state index contributed by atoms with van der Waals surface area (Å²) in [6.07, 6.45) is 5.61.